The van der Waals surface area contributed by atoms with Crippen LogP contribution in [0.3, 0.4) is 0 Å². The van der Waals surface area contributed by atoms with Gasteiger partial charge in [0.1, 0.15) is 17.0 Å². The molecule has 0 aliphatic carbocycles. The monoisotopic (exact) mass is 1230 g/mol. The summed E-state index contributed by atoms with van der Waals surface area (Å²) in [5, 5.41) is 5.44. The van der Waals surface area contributed by atoms with Gasteiger partial charge in [0, 0.05) is 82.8 Å². The van der Waals surface area contributed by atoms with Gasteiger partial charge in [0.2, 0.25) is 11.8 Å². The number of ketones is 2. The summed E-state index contributed by atoms with van der Waals surface area (Å²) in [6.45, 7) is 18.0. The summed E-state index contributed by atoms with van der Waals surface area (Å²) < 4.78 is 53.8. The highest BCUT2D eigenvalue weighted by Crippen LogP contribution is 2.12. The quantitative estimate of drug-likeness (QED) is 0.0385. The Labute approximate surface area is 510 Å². The van der Waals surface area contributed by atoms with Crippen LogP contribution in [-0.2, 0) is 95.3 Å². The van der Waals surface area contributed by atoms with Gasteiger partial charge in [0.15, 0.2) is 5.78 Å². The van der Waals surface area contributed by atoms with Gasteiger partial charge >= 0.3 is 11.9 Å². The molecule has 496 valence electrons. The van der Waals surface area contributed by atoms with Crippen LogP contribution in [0.2, 0.25) is 0 Å². The SMILES string of the molecule is C.C.CC(C)(C)OC(=O)CCOCCOCCOCCOCCCC(=O)[C@@H](N)CCCCN.CC(C)(C)OC(=O)CCOCCOCCOCCOCCCC(=O)[C@H](CCCCNC(=O)CCN1C(=O)C=CC1=O)NC(=O)CCN1C(=O)C=CC1=O. The third-order valence-corrected chi connectivity index (χ3v) is 11.7. The van der Waals surface area contributed by atoms with Crippen molar-refractivity contribution in [1.82, 2.24) is 20.4 Å². The van der Waals surface area contributed by atoms with Gasteiger partial charge in [-0.25, -0.2) is 0 Å². The molecule has 6 amide bonds. The predicted molar refractivity (Wildman–Crippen MR) is 320 cm³/mol. The third kappa shape index (κ3) is 45.8. The zero-order chi connectivity index (χ0) is 62.4. The highest BCUT2D eigenvalue weighted by molar-refractivity contribution is 6.13. The van der Waals surface area contributed by atoms with Crippen LogP contribution in [0.4, 0.5) is 0 Å². The number of ether oxygens (including phenoxy) is 10. The maximum atomic E-state index is 13.1. The topological polar surface area (TPSA) is 346 Å². The second-order valence-corrected chi connectivity index (χ2v) is 21.4. The standard InChI is InChI=1S/C36H54N4O13.C22H44N2O7.2CH4/c1-36(2,3)53-35(48)15-20-50-22-24-52-26-25-51-23-21-49-19-6-8-28(41)27(38-30(43)14-18-40-33(46)11-12-34(40)47)7-4-5-16-37-29(42)13-17-39-31(44)9-10-32(39)45;1-22(2,3)31-21(26)9-12-28-14-16-30-18-17-29-15-13-27-11-6-8-20(25)19(24)7-4-5-10-23;;/h9-12,27H,4-8,13-26H2,1-3H3,(H,37,42)(H,38,43);19H,4-18,23-24H2,1-3H3;2*1H4/t27-;19-;;/m00../s1. The molecule has 6 N–H and O–H groups in total. The molecule has 2 heterocycles. The van der Waals surface area contributed by atoms with Crippen molar-refractivity contribution < 1.29 is 95.3 Å². The average molecular weight is 1230 g/mol. The van der Waals surface area contributed by atoms with Gasteiger partial charge in [-0.05, 0) is 93.0 Å². The minimum Gasteiger partial charge on any atom is -0.460 e. The minimum absolute atomic E-state index is 0. The molecule has 0 radical (unpaired) electrons. The molecular weight excluding hydrogens is 1120 g/mol. The number of nitrogens with zero attached hydrogens (tertiary/aromatic N) is 2. The first-order valence-corrected chi connectivity index (χ1v) is 29.2. The Morgan fingerprint density at radius 2 is 0.791 bits per heavy atom. The number of esters is 2. The Kier molecular flexibility index (Phi) is 48.6. The molecule has 2 rings (SSSR count). The van der Waals surface area contributed by atoms with Crippen LogP contribution in [0.5, 0.6) is 0 Å². The van der Waals surface area contributed by atoms with Crippen LogP contribution < -0.4 is 22.1 Å². The van der Waals surface area contributed by atoms with Crippen molar-refractivity contribution in [3.8, 4) is 0 Å². The number of amides is 6. The fraction of sp³-hybridized carbons (Fsp3) is 0.767. The molecule has 0 spiro atoms. The molecule has 0 aromatic rings. The highest BCUT2D eigenvalue weighted by atomic mass is 16.6. The molecule has 2 aliphatic rings. The number of carbonyl (C=O) groups is 10. The summed E-state index contributed by atoms with van der Waals surface area (Å²) in [4.78, 5) is 122. The molecule has 0 saturated carbocycles. The van der Waals surface area contributed by atoms with Gasteiger partial charge in [-0.3, -0.25) is 57.7 Å². The summed E-state index contributed by atoms with van der Waals surface area (Å²) in [6, 6.07) is -1.19. The Morgan fingerprint density at radius 3 is 1.17 bits per heavy atom. The van der Waals surface area contributed by atoms with E-state index in [4.69, 9.17) is 58.8 Å². The van der Waals surface area contributed by atoms with Crippen molar-refractivity contribution in [2.45, 2.75) is 170 Å². The van der Waals surface area contributed by atoms with Gasteiger partial charge in [-0.2, -0.15) is 0 Å². The van der Waals surface area contributed by atoms with E-state index in [2.05, 4.69) is 10.6 Å². The lowest BCUT2D eigenvalue weighted by atomic mass is 10.0. The number of rotatable bonds is 50. The normalized spacial score (nSPS) is 13.6. The van der Waals surface area contributed by atoms with E-state index in [-0.39, 0.29) is 102 Å². The third-order valence-electron chi connectivity index (χ3n) is 11.7. The molecule has 2 aliphatic heterocycles. The van der Waals surface area contributed by atoms with E-state index < -0.39 is 46.8 Å². The number of carbonyl (C=O) groups excluding carboxylic acids is 10. The van der Waals surface area contributed by atoms with E-state index in [1.54, 1.807) is 0 Å². The zero-order valence-corrected chi connectivity index (χ0v) is 50.7. The van der Waals surface area contributed by atoms with Crippen LogP contribution >= 0.6 is 0 Å². The number of hydrogen-bond acceptors (Lipinski definition) is 22. The summed E-state index contributed by atoms with van der Waals surface area (Å²) in [6.07, 6.45) is 10.3. The second-order valence-electron chi connectivity index (χ2n) is 21.4. The van der Waals surface area contributed by atoms with Crippen LogP contribution in [0, 0.1) is 0 Å². The Morgan fingerprint density at radius 1 is 0.442 bits per heavy atom. The minimum atomic E-state index is -0.806. The first kappa shape index (κ1) is 82.6. The highest BCUT2D eigenvalue weighted by Gasteiger charge is 2.27. The largest absolute Gasteiger partial charge is 0.460 e. The van der Waals surface area contributed by atoms with Gasteiger partial charge in [-0.1, -0.05) is 21.3 Å². The van der Waals surface area contributed by atoms with Crippen LogP contribution in [0.15, 0.2) is 24.3 Å². The summed E-state index contributed by atoms with van der Waals surface area (Å²) >= 11 is 0. The van der Waals surface area contributed by atoms with E-state index in [1.165, 1.54) is 0 Å². The molecule has 26 heteroatoms. The van der Waals surface area contributed by atoms with E-state index >= 15 is 0 Å². The molecular formula is C60H106N6O20. The first-order valence-electron chi connectivity index (χ1n) is 29.2. The number of imide groups is 2. The molecule has 0 fully saturated rings. The lowest BCUT2D eigenvalue weighted by molar-refractivity contribution is -0.157. The lowest BCUT2D eigenvalue weighted by Gasteiger charge is -2.19. The van der Waals surface area contributed by atoms with Crippen molar-refractivity contribution in [1.29, 1.82) is 0 Å². The van der Waals surface area contributed by atoms with Gasteiger partial charge in [0.05, 0.1) is 117 Å². The van der Waals surface area contributed by atoms with E-state index in [0.717, 1.165) is 46.9 Å². The Balaban J connectivity index is 0. The van der Waals surface area contributed by atoms with Crippen molar-refractivity contribution >= 4 is 58.9 Å². The molecule has 0 aromatic heterocycles. The van der Waals surface area contributed by atoms with Crippen LogP contribution in [0.25, 0.3) is 0 Å². The van der Waals surface area contributed by atoms with Crippen molar-refractivity contribution in [3.05, 3.63) is 24.3 Å². The van der Waals surface area contributed by atoms with Crippen molar-refractivity contribution in [3.63, 3.8) is 0 Å². The predicted octanol–water partition coefficient (Wildman–Crippen LogP) is 3.40. The molecule has 0 aromatic carbocycles. The van der Waals surface area contributed by atoms with Crippen LogP contribution in [0.1, 0.15) is 146 Å². The van der Waals surface area contributed by atoms with E-state index in [1.807, 2.05) is 41.5 Å². The van der Waals surface area contributed by atoms with Crippen LogP contribution in [-0.4, -0.2) is 224 Å². The number of Topliss-reactive ketones (excluding diaryl/α,β-unsaturated/α-hetero) is 2. The lowest BCUT2D eigenvalue weighted by Crippen LogP contribution is -2.42. The molecule has 26 nitrogen and oxygen atoms in total. The fourth-order valence-electron chi connectivity index (χ4n) is 7.45. The number of unbranched alkanes of at least 4 members (excludes halogenated alkanes) is 2. The molecule has 0 bridgehead atoms. The first-order chi connectivity index (χ1) is 40.0. The van der Waals surface area contributed by atoms with Gasteiger partial charge < -0.3 is 69.5 Å². The zero-order valence-electron chi connectivity index (χ0n) is 50.7. The summed E-state index contributed by atoms with van der Waals surface area (Å²) in [5.74, 6) is -3.40. The number of hydrogen-bond donors (Lipinski definition) is 4. The second kappa shape index (κ2) is 50.6. The van der Waals surface area contributed by atoms with Gasteiger partial charge in [0.25, 0.3) is 23.6 Å². The Hall–Kier alpha value is -5.42. The molecule has 86 heavy (non-hydrogen) atoms. The summed E-state index contributed by atoms with van der Waals surface area (Å²) in [5.41, 5.74) is 10.3. The number of nitrogens with one attached hydrogen (secondary N) is 2. The molecule has 0 unspecified atom stereocenters. The smallest absolute Gasteiger partial charge is 0.308 e. The average Bonchev–Trinajstić information content (AvgIpc) is 3.69. The maximum absolute atomic E-state index is 13.1. The molecule has 2 atom stereocenters. The maximum Gasteiger partial charge on any atom is 0.308 e. The van der Waals surface area contributed by atoms with Crippen molar-refractivity contribution in [2.75, 3.05) is 132 Å². The number of nitrogens with two attached hydrogens (primary N) is 2. The van der Waals surface area contributed by atoms with E-state index in [0.29, 0.717) is 157 Å². The van der Waals surface area contributed by atoms with Crippen molar-refractivity contribution in [2.24, 2.45) is 11.5 Å². The fourth-order valence-corrected chi connectivity index (χ4v) is 7.45. The van der Waals surface area contributed by atoms with Gasteiger partial charge in [-0.15, -0.1) is 0 Å². The van der Waals surface area contributed by atoms with E-state index in [9.17, 15) is 47.9 Å². The molecule has 0 saturated heterocycles. The Bertz CT molecular complexity index is 1990. The summed E-state index contributed by atoms with van der Waals surface area (Å²) in [7, 11) is 0.